The number of halogens is 1. The first-order valence-corrected chi connectivity index (χ1v) is 18.9. The van der Waals surface area contributed by atoms with E-state index in [1.54, 1.807) is 12.1 Å². The third-order valence-corrected chi connectivity index (χ3v) is 9.30. The fraction of sp³-hybridized carbons (Fsp3) is 0.622. The number of unbranched alkanes of at least 4 members (excludes halogenated alkanes) is 4. The minimum absolute atomic E-state index is 0.00458. The SMILES string of the molecule is CCCCCCCC(C(=O)OC(C)(C)C)C(CCc1ccc(OCCCOS(=O)(=O)c2ccc(C)cc2)c(Br)c1)C(=O)OC(C)(C)C. The molecule has 0 fully saturated rings. The van der Waals surface area contributed by atoms with Gasteiger partial charge in [-0.05, 0) is 113 Å². The summed E-state index contributed by atoms with van der Waals surface area (Å²) in [6.07, 6.45) is 7.11. The van der Waals surface area contributed by atoms with Gasteiger partial charge in [-0.3, -0.25) is 13.8 Å². The second-order valence-corrected chi connectivity index (χ2v) is 16.5. The molecule has 2 unspecified atom stereocenters. The number of benzene rings is 2. The van der Waals surface area contributed by atoms with E-state index in [2.05, 4.69) is 22.9 Å². The third kappa shape index (κ3) is 15.6. The topological polar surface area (TPSA) is 105 Å². The minimum atomic E-state index is -3.82. The maximum absolute atomic E-state index is 13.6. The molecule has 47 heavy (non-hydrogen) atoms. The highest BCUT2D eigenvalue weighted by atomic mass is 79.9. The highest BCUT2D eigenvalue weighted by Crippen LogP contribution is 2.32. The van der Waals surface area contributed by atoms with E-state index in [0.29, 0.717) is 31.4 Å². The number of esters is 2. The van der Waals surface area contributed by atoms with Crippen LogP contribution in [0.2, 0.25) is 0 Å². The van der Waals surface area contributed by atoms with Crippen LogP contribution in [0.5, 0.6) is 5.75 Å². The van der Waals surface area contributed by atoms with Gasteiger partial charge in [-0.25, -0.2) is 0 Å². The van der Waals surface area contributed by atoms with Crippen molar-refractivity contribution < 1.29 is 36.4 Å². The van der Waals surface area contributed by atoms with Crippen LogP contribution in [0, 0.1) is 18.8 Å². The summed E-state index contributed by atoms with van der Waals surface area (Å²) in [5.74, 6) is -1.38. The summed E-state index contributed by atoms with van der Waals surface area (Å²) in [4.78, 5) is 27.2. The van der Waals surface area contributed by atoms with Crippen LogP contribution in [0.1, 0.15) is 111 Å². The molecule has 264 valence electrons. The minimum Gasteiger partial charge on any atom is -0.492 e. The predicted octanol–water partition coefficient (Wildman–Crippen LogP) is 9.14. The number of carbonyl (C=O) groups excluding carboxylic acids is 2. The molecule has 0 N–H and O–H groups in total. The lowest BCUT2D eigenvalue weighted by Crippen LogP contribution is -2.39. The van der Waals surface area contributed by atoms with E-state index in [1.165, 1.54) is 12.1 Å². The lowest BCUT2D eigenvalue weighted by Gasteiger charge is -2.30. The Balaban J connectivity index is 2.07. The second-order valence-electron chi connectivity index (χ2n) is 14.1. The van der Waals surface area contributed by atoms with E-state index in [4.69, 9.17) is 18.4 Å². The molecule has 0 saturated carbocycles. The smallest absolute Gasteiger partial charge is 0.310 e. The maximum atomic E-state index is 13.6. The van der Waals surface area contributed by atoms with Crippen molar-refractivity contribution in [3.8, 4) is 5.75 Å². The van der Waals surface area contributed by atoms with Crippen LogP contribution in [0.3, 0.4) is 0 Å². The van der Waals surface area contributed by atoms with E-state index < -0.39 is 33.2 Å². The molecular formula is C37H55BrO8S. The van der Waals surface area contributed by atoms with Crippen molar-refractivity contribution in [2.24, 2.45) is 11.8 Å². The van der Waals surface area contributed by atoms with Crippen LogP contribution in [0.4, 0.5) is 0 Å². The van der Waals surface area contributed by atoms with Crippen molar-refractivity contribution in [1.82, 2.24) is 0 Å². The molecule has 0 aliphatic carbocycles. The summed E-state index contributed by atoms with van der Waals surface area (Å²) in [6.45, 7) is 15.3. The summed E-state index contributed by atoms with van der Waals surface area (Å²) in [6, 6.07) is 12.2. The molecule has 0 aliphatic heterocycles. The summed E-state index contributed by atoms with van der Waals surface area (Å²) in [5, 5.41) is 0. The molecule has 0 spiro atoms. The quantitative estimate of drug-likeness (QED) is 0.0799. The molecule has 2 aromatic carbocycles. The lowest BCUT2D eigenvalue weighted by atomic mass is 9.83. The van der Waals surface area contributed by atoms with Crippen LogP contribution in [0.25, 0.3) is 0 Å². The molecule has 0 heterocycles. The molecule has 0 radical (unpaired) electrons. The monoisotopic (exact) mass is 738 g/mol. The summed E-state index contributed by atoms with van der Waals surface area (Å²) in [5.41, 5.74) is 0.580. The van der Waals surface area contributed by atoms with Crippen molar-refractivity contribution >= 4 is 38.0 Å². The zero-order chi connectivity index (χ0) is 35.3. The van der Waals surface area contributed by atoms with Gasteiger partial charge in [0, 0.05) is 6.42 Å². The number of carbonyl (C=O) groups is 2. The normalized spacial score (nSPS) is 13.6. The van der Waals surface area contributed by atoms with E-state index in [1.807, 2.05) is 66.7 Å². The Morgan fingerprint density at radius 2 is 1.34 bits per heavy atom. The zero-order valence-corrected chi connectivity index (χ0v) is 31.9. The predicted molar refractivity (Wildman–Crippen MR) is 189 cm³/mol. The Morgan fingerprint density at radius 1 is 0.766 bits per heavy atom. The molecule has 0 bridgehead atoms. The molecule has 2 aromatic rings. The molecule has 2 rings (SSSR count). The Kier molecular flexibility index (Phi) is 16.4. The van der Waals surface area contributed by atoms with Crippen LogP contribution < -0.4 is 4.74 Å². The average Bonchev–Trinajstić information content (AvgIpc) is 2.95. The van der Waals surface area contributed by atoms with Crippen molar-refractivity contribution in [2.75, 3.05) is 13.2 Å². The fourth-order valence-corrected chi connectivity index (χ4v) is 6.49. The van der Waals surface area contributed by atoms with Gasteiger partial charge < -0.3 is 14.2 Å². The van der Waals surface area contributed by atoms with Crippen LogP contribution >= 0.6 is 15.9 Å². The van der Waals surface area contributed by atoms with Gasteiger partial charge in [-0.1, -0.05) is 62.8 Å². The van der Waals surface area contributed by atoms with Gasteiger partial charge in [0.05, 0.1) is 34.4 Å². The third-order valence-electron chi connectivity index (χ3n) is 7.36. The number of hydrogen-bond donors (Lipinski definition) is 0. The Hall–Kier alpha value is -2.43. The highest BCUT2D eigenvalue weighted by molar-refractivity contribution is 9.10. The molecule has 0 amide bonds. The van der Waals surface area contributed by atoms with E-state index >= 15 is 0 Å². The largest absolute Gasteiger partial charge is 0.492 e. The summed E-state index contributed by atoms with van der Waals surface area (Å²) < 4.78 is 48.2. The first-order valence-electron chi connectivity index (χ1n) is 16.7. The average molecular weight is 740 g/mol. The highest BCUT2D eigenvalue weighted by Gasteiger charge is 2.38. The Morgan fingerprint density at radius 3 is 1.89 bits per heavy atom. The number of ether oxygens (including phenoxy) is 3. The van der Waals surface area contributed by atoms with Gasteiger partial charge in [-0.2, -0.15) is 8.42 Å². The first-order chi connectivity index (χ1) is 21.9. The van der Waals surface area contributed by atoms with Crippen molar-refractivity contribution in [1.29, 1.82) is 0 Å². The molecule has 0 saturated heterocycles. The van der Waals surface area contributed by atoms with Gasteiger partial charge >= 0.3 is 11.9 Å². The lowest BCUT2D eigenvalue weighted by molar-refractivity contribution is -0.173. The number of rotatable bonds is 19. The van der Waals surface area contributed by atoms with Gasteiger partial charge in [-0.15, -0.1) is 0 Å². The van der Waals surface area contributed by atoms with E-state index in [0.717, 1.165) is 47.7 Å². The zero-order valence-electron chi connectivity index (χ0n) is 29.5. The first kappa shape index (κ1) is 40.7. The molecule has 10 heteroatoms. The van der Waals surface area contributed by atoms with Gasteiger partial charge in [0.2, 0.25) is 0 Å². The van der Waals surface area contributed by atoms with E-state index in [-0.39, 0.29) is 30.0 Å². The fourth-order valence-electron chi connectivity index (χ4n) is 5.01. The van der Waals surface area contributed by atoms with Gasteiger partial charge in [0.1, 0.15) is 17.0 Å². The molecule has 0 aliphatic rings. The number of hydrogen-bond acceptors (Lipinski definition) is 8. The molecule has 0 aromatic heterocycles. The molecule has 8 nitrogen and oxygen atoms in total. The molecule has 2 atom stereocenters. The maximum Gasteiger partial charge on any atom is 0.310 e. The number of aryl methyl sites for hydroxylation is 2. The van der Waals surface area contributed by atoms with Crippen molar-refractivity contribution in [3.05, 3.63) is 58.1 Å². The Bertz CT molecular complexity index is 1370. The van der Waals surface area contributed by atoms with Crippen LogP contribution in [-0.2, 0) is 39.8 Å². The summed E-state index contributed by atoms with van der Waals surface area (Å²) >= 11 is 3.58. The molecular weight excluding hydrogens is 684 g/mol. The van der Waals surface area contributed by atoms with Crippen LogP contribution in [0.15, 0.2) is 51.8 Å². The van der Waals surface area contributed by atoms with Crippen molar-refractivity contribution in [3.63, 3.8) is 0 Å². The Labute approximate surface area is 291 Å². The van der Waals surface area contributed by atoms with E-state index in [9.17, 15) is 18.0 Å². The van der Waals surface area contributed by atoms with Gasteiger partial charge in [0.25, 0.3) is 10.1 Å². The van der Waals surface area contributed by atoms with Crippen LogP contribution in [-0.4, -0.2) is 44.8 Å². The van der Waals surface area contributed by atoms with Crippen molar-refractivity contribution in [2.45, 2.75) is 129 Å². The summed E-state index contributed by atoms with van der Waals surface area (Å²) in [7, 11) is -3.82. The second kappa shape index (κ2) is 18.9. The van der Waals surface area contributed by atoms with Gasteiger partial charge in [0.15, 0.2) is 0 Å². The standard InChI is InChI=1S/C37H55BrO8S/c1-9-10-11-12-13-15-30(34(39)45-36(3,4)5)31(35(40)46-37(6,7)8)22-18-28-19-23-33(32(38)26-28)43-24-14-25-44-47(41,42)29-20-16-27(2)17-21-29/h16-17,19-21,23,26,30-31H,9-15,18,22,24-25H2,1-8H3.